The first-order chi connectivity index (χ1) is 18.9. The topological polar surface area (TPSA) is 128 Å². The van der Waals surface area contributed by atoms with Crippen molar-refractivity contribution in [2.75, 3.05) is 5.73 Å². The van der Waals surface area contributed by atoms with E-state index in [4.69, 9.17) is 11.5 Å². The first kappa shape index (κ1) is 26.2. The molecule has 8 heteroatoms. The molecule has 1 atom stereocenters. The third-order valence-corrected chi connectivity index (χ3v) is 7.14. The van der Waals surface area contributed by atoms with E-state index >= 15 is 0 Å². The molecule has 1 unspecified atom stereocenters. The molecule has 2 amide bonds. The van der Waals surface area contributed by atoms with E-state index in [-0.39, 0.29) is 23.7 Å². The molecule has 1 heterocycles. The molecule has 39 heavy (non-hydrogen) atoms. The number of nitrogens with one attached hydrogen (secondary N) is 2. The van der Waals surface area contributed by atoms with Crippen LogP contribution in [0.5, 0.6) is 0 Å². The Hall–Kier alpha value is -4.43. The SMILES string of the molecule is Cc1ccc(C(=O)NC2CC2)cc1-n1ncc(C(=O)NCc2ccccc2)c1N.NC1CCc2ccccc21. The van der Waals surface area contributed by atoms with Crippen molar-refractivity contribution in [3.05, 3.63) is 112 Å². The molecular weight excluding hydrogens is 488 g/mol. The Labute approximate surface area is 228 Å². The van der Waals surface area contributed by atoms with Gasteiger partial charge >= 0.3 is 0 Å². The van der Waals surface area contributed by atoms with Gasteiger partial charge in [0.15, 0.2) is 0 Å². The van der Waals surface area contributed by atoms with E-state index < -0.39 is 0 Å². The highest BCUT2D eigenvalue weighted by Crippen LogP contribution is 2.28. The molecule has 0 bridgehead atoms. The number of nitrogens with zero attached hydrogens (tertiary/aromatic N) is 2. The van der Waals surface area contributed by atoms with Gasteiger partial charge in [-0.15, -0.1) is 0 Å². The zero-order valence-corrected chi connectivity index (χ0v) is 22.1. The molecule has 0 aliphatic heterocycles. The van der Waals surface area contributed by atoms with Crippen molar-refractivity contribution >= 4 is 17.6 Å². The molecule has 4 aromatic rings. The van der Waals surface area contributed by atoms with Crippen molar-refractivity contribution in [1.29, 1.82) is 0 Å². The monoisotopic (exact) mass is 522 g/mol. The fourth-order valence-corrected chi connectivity index (χ4v) is 4.66. The van der Waals surface area contributed by atoms with Crippen LogP contribution >= 0.6 is 0 Å². The highest BCUT2D eigenvalue weighted by atomic mass is 16.2. The van der Waals surface area contributed by atoms with E-state index in [2.05, 4.69) is 40.0 Å². The minimum absolute atomic E-state index is 0.111. The normalized spacial score (nSPS) is 15.6. The van der Waals surface area contributed by atoms with Crippen LogP contribution < -0.4 is 22.1 Å². The van der Waals surface area contributed by atoms with Gasteiger partial charge in [0.05, 0.1) is 11.9 Å². The number of anilines is 1. The number of aryl methyl sites for hydroxylation is 2. The molecule has 2 aliphatic rings. The highest BCUT2D eigenvalue weighted by Gasteiger charge is 2.24. The molecule has 3 aromatic carbocycles. The summed E-state index contributed by atoms with van der Waals surface area (Å²) in [5, 5.41) is 10.1. The third-order valence-electron chi connectivity index (χ3n) is 7.14. The second kappa shape index (κ2) is 11.5. The fraction of sp³-hybridized carbons (Fsp3) is 0.258. The van der Waals surface area contributed by atoms with E-state index in [1.807, 2.05) is 43.3 Å². The van der Waals surface area contributed by atoms with E-state index in [9.17, 15) is 9.59 Å². The van der Waals surface area contributed by atoms with Gasteiger partial charge in [-0.1, -0.05) is 60.7 Å². The molecule has 8 nitrogen and oxygen atoms in total. The van der Waals surface area contributed by atoms with Crippen LogP contribution in [0.4, 0.5) is 5.82 Å². The van der Waals surface area contributed by atoms with Crippen molar-refractivity contribution in [1.82, 2.24) is 20.4 Å². The maximum Gasteiger partial charge on any atom is 0.256 e. The summed E-state index contributed by atoms with van der Waals surface area (Å²) in [4.78, 5) is 24.9. The molecule has 6 N–H and O–H groups in total. The Morgan fingerprint density at radius 3 is 2.46 bits per heavy atom. The van der Waals surface area contributed by atoms with E-state index in [1.165, 1.54) is 22.0 Å². The largest absolute Gasteiger partial charge is 0.383 e. The van der Waals surface area contributed by atoms with Crippen LogP contribution in [0, 0.1) is 6.92 Å². The minimum atomic E-state index is -0.294. The van der Waals surface area contributed by atoms with Crippen LogP contribution in [0.15, 0.2) is 79.0 Å². The molecule has 1 fully saturated rings. The molecule has 0 saturated heterocycles. The van der Waals surface area contributed by atoms with Gasteiger partial charge in [-0.2, -0.15) is 5.10 Å². The average Bonchev–Trinajstić information content (AvgIpc) is 3.58. The molecule has 6 rings (SSSR count). The number of rotatable bonds is 6. The smallest absolute Gasteiger partial charge is 0.256 e. The van der Waals surface area contributed by atoms with Crippen LogP contribution in [0.25, 0.3) is 5.69 Å². The van der Waals surface area contributed by atoms with Gasteiger partial charge in [-0.05, 0) is 67.0 Å². The first-order valence-electron chi connectivity index (χ1n) is 13.3. The zero-order chi connectivity index (χ0) is 27.4. The number of carbonyl (C=O) groups is 2. The predicted molar refractivity (Wildman–Crippen MR) is 153 cm³/mol. The van der Waals surface area contributed by atoms with Gasteiger partial charge in [0.25, 0.3) is 11.8 Å². The Morgan fingerprint density at radius 1 is 0.974 bits per heavy atom. The second-order valence-electron chi connectivity index (χ2n) is 10.1. The molecular formula is C31H34N6O2. The molecule has 0 spiro atoms. The third kappa shape index (κ3) is 6.18. The summed E-state index contributed by atoms with van der Waals surface area (Å²) in [6, 6.07) is 24.1. The van der Waals surface area contributed by atoms with Crippen LogP contribution in [-0.4, -0.2) is 27.6 Å². The molecule has 1 saturated carbocycles. The van der Waals surface area contributed by atoms with Crippen molar-refractivity contribution in [3.8, 4) is 5.69 Å². The number of aromatic nitrogens is 2. The van der Waals surface area contributed by atoms with Crippen molar-refractivity contribution < 1.29 is 9.59 Å². The van der Waals surface area contributed by atoms with Gasteiger partial charge in [0.1, 0.15) is 11.4 Å². The summed E-state index contributed by atoms with van der Waals surface area (Å²) >= 11 is 0. The number of carbonyl (C=O) groups excluding carboxylic acids is 2. The van der Waals surface area contributed by atoms with Crippen molar-refractivity contribution in [3.63, 3.8) is 0 Å². The lowest BCUT2D eigenvalue weighted by Crippen LogP contribution is -2.25. The van der Waals surface area contributed by atoms with Crippen LogP contribution in [0.1, 0.15) is 68.3 Å². The van der Waals surface area contributed by atoms with E-state index in [0.29, 0.717) is 29.4 Å². The molecule has 0 radical (unpaired) electrons. The zero-order valence-electron chi connectivity index (χ0n) is 22.1. The van der Waals surface area contributed by atoms with Crippen molar-refractivity contribution in [2.24, 2.45) is 5.73 Å². The maximum absolute atomic E-state index is 12.6. The van der Waals surface area contributed by atoms with Gasteiger partial charge in [-0.3, -0.25) is 9.59 Å². The lowest BCUT2D eigenvalue weighted by atomic mass is 10.1. The quantitative estimate of drug-likeness (QED) is 0.301. The van der Waals surface area contributed by atoms with Gasteiger partial charge in [-0.25, -0.2) is 4.68 Å². The first-order valence-corrected chi connectivity index (χ1v) is 13.3. The Bertz CT molecular complexity index is 1480. The predicted octanol–water partition coefficient (Wildman–Crippen LogP) is 4.22. The number of nitrogens with two attached hydrogens (primary N) is 2. The van der Waals surface area contributed by atoms with Gasteiger partial charge in [0, 0.05) is 24.2 Å². The minimum Gasteiger partial charge on any atom is -0.383 e. The maximum atomic E-state index is 12.6. The number of nitrogen functional groups attached to an aromatic ring is 1. The lowest BCUT2D eigenvalue weighted by molar-refractivity contribution is 0.0943. The van der Waals surface area contributed by atoms with Gasteiger partial charge < -0.3 is 22.1 Å². The Morgan fingerprint density at radius 2 is 1.72 bits per heavy atom. The number of hydrogen-bond acceptors (Lipinski definition) is 5. The summed E-state index contributed by atoms with van der Waals surface area (Å²) in [5.74, 6) is -0.170. The summed E-state index contributed by atoms with van der Waals surface area (Å²) < 4.78 is 1.50. The molecule has 200 valence electrons. The highest BCUT2D eigenvalue weighted by molar-refractivity contribution is 5.99. The van der Waals surface area contributed by atoms with E-state index in [0.717, 1.165) is 36.8 Å². The van der Waals surface area contributed by atoms with Crippen molar-refractivity contribution in [2.45, 2.75) is 51.2 Å². The summed E-state index contributed by atoms with van der Waals surface area (Å²) in [6.45, 7) is 2.31. The van der Waals surface area contributed by atoms with Crippen LogP contribution in [0.3, 0.4) is 0 Å². The number of amides is 2. The number of benzene rings is 3. The summed E-state index contributed by atoms with van der Waals surface area (Å²) in [7, 11) is 0. The van der Waals surface area contributed by atoms with Gasteiger partial charge in [0.2, 0.25) is 0 Å². The summed E-state index contributed by atoms with van der Waals surface area (Å²) in [5.41, 5.74) is 18.3. The summed E-state index contributed by atoms with van der Waals surface area (Å²) in [6.07, 6.45) is 5.79. The Kier molecular flexibility index (Phi) is 7.74. The Balaban J connectivity index is 0.000000257. The van der Waals surface area contributed by atoms with Crippen LogP contribution in [0.2, 0.25) is 0 Å². The second-order valence-corrected chi connectivity index (χ2v) is 10.1. The van der Waals surface area contributed by atoms with E-state index in [1.54, 1.807) is 12.1 Å². The standard InChI is InChI=1S/C22H23N5O2.C9H11N/c1-14-7-8-16(21(28)26-17-9-10-17)11-19(14)27-20(23)18(13-25-27)22(29)24-12-15-5-3-2-4-6-15;10-9-6-5-7-3-1-2-4-8(7)9/h2-8,11,13,17H,9-10,12,23H2,1H3,(H,24,29)(H,26,28);1-4,9H,5-6,10H2. The average molecular weight is 523 g/mol. The number of hydrogen-bond donors (Lipinski definition) is 4. The lowest BCUT2D eigenvalue weighted by Gasteiger charge is -2.11. The van der Waals surface area contributed by atoms with Crippen LogP contribution in [-0.2, 0) is 13.0 Å². The fourth-order valence-electron chi connectivity index (χ4n) is 4.66. The molecule has 2 aliphatic carbocycles. The number of fused-ring (bicyclic) bond motifs is 1. The molecule has 1 aromatic heterocycles.